The number of benzene rings is 6. The number of nitro benzene ring substituents is 1. The lowest BCUT2D eigenvalue weighted by atomic mass is 9.65. The van der Waals surface area contributed by atoms with Crippen molar-refractivity contribution in [1.82, 2.24) is 0 Å². The Morgan fingerprint density at radius 3 is 2.16 bits per heavy atom. The minimum absolute atomic E-state index is 0.107. The fourth-order valence-electron chi connectivity index (χ4n) is 8.96. The predicted molar refractivity (Wildman–Crippen MR) is 239 cm³/mol. The lowest BCUT2D eigenvalue weighted by molar-refractivity contribution is -0.384. The molecular formula is C52H51ClN2O2. The maximum absolute atomic E-state index is 11.9. The van der Waals surface area contributed by atoms with Crippen molar-refractivity contribution in [2.45, 2.75) is 64.2 Å². The Kier molecular flexibility index (Phi) is 11.6. The third-order valence-corrected chi connectivity index (χ3v) is 12.0. The molecule has 1 aliphatic rings. The zero-order valence-electron chi connectivity index (χ0n) is 33.4. The van der Waals surface area contributed by atoms with Gasteiger partial charge in [-0.1, -0.05) is 153 Å². The average Bonchev–Trinajstić information content (AvgIpc) is 3.44. The first-order valence-electron chi connectivity index (χ1n) is 19.9. The van der Waals surface area contributed by atoms with Gasteiger partial charge in [0.25, 0.3) is 5.69 Å². The number of aryl methyl sites for hydroxylation is 1. The molecule has 4 nitrogen and oxygen atoms in total. The molecule has 0 aliphatic carbocycles. The summed E-state index contributed by atoms with van der Waals surface area (Å²) < 4.78 is 0. The number of fused-ring (bicyclic) bond motifs is 3. The number of hydrogen-bond acceptors (Lipinski definition) is 3. The van der Waals surface area contributed by atoms with Crippen LogP contribution in [-0.2, 0) is 30.1 Å². The van der Waals surface area contributed by atoms with E-state index >= 15 is 0 Å². The molecule has 1 atom stereocenters. The van der Waals surface area contributed by atoms with Gasteiger partial charge in [0.15, 0.2) is 0 Å². The molecule has 1 aliphatic heterocycles. The van der Waals surface area contributed by atoms with Crippen LogP contribution in [0.15, 0.2) is 176 Å². The van der Waals surface area contributed by atoms with E-state index in [1.807, 2.05) is 12.1 Å². The van der Waals surface area contributed by atoms with Gasteiger partial charge in [0.2, 0.25) is 0 Å². The Morgan fingerprint density at radius 2 is 1.49 bits per heavy atom. The molecule has 0 aromatic heterocycles. The van der Waals surface area contributed by atoms with Crippen LogP contribution in [-0.4, -0.2) is 11.5 Å². The summed E-state index contributed by atoms with van der Waals surface area (Å²) in [5.74, 6) is 0.506. The number of anilines is 1. The van der Waals surface area contributed by atoms with Crippen molar-refractivity contribution < 1.29 is 4.92 Å². The summed E-state index contributed by atoms with van der Waals surface area (Å²) in [5.41, 5.74) is 9.42. The van der Waals surface area contributed by atoms with Crippen molar-refractivity contribution in [2.24, 2.45) is 5.92 Å². The largest absolute Gasteiger partial charge is 0.344 e. The average molecular weight is 771 g/mol. The molecule has 1 unspecified atom stereocenters. The molecule has 0 spiro atoms. The summed E-state index contributed by atoms with van der Waals surface area (Å²) in [6.45, 7) is 14.7. The van der Waals surface area contributed by atoms with Crippen molar-refractivity contribution in [3.05, 3.63) is 224 Å². The number of nitrogens with zero attached hydrogens (tertiary/aromatic N) is 2. The zero-order valence-corrected chi connectivity index (χ0v) is 34.2. The van der Waals surface area contributed by atoms with Crippen molar-refractivity contribution in [2.75, 3.05) is 11.4 Å². The van der Waals surface area contributed by atoms with E-state index in [9.17, 15) is 10.1 Å². The Morgan fingerprint density at radius 1 is 0.842 bits per heavy atom. The van der Waals surface area contributed by atoms with E-state index in [1.54, 1.807) is 18.2 Å². The van der Waals surface area contributed by atoms with Crippen LogP contribution in [0.5, 0.6) is 0 Å². The van der Waals surface area contributed by atoms with E-state index in [1.165, 1.54) is 50.0 Å². The van der Waals surface area contributed by atoms with Gasteiger partial charge in [-0.05, 0) is 119 Å². The third kappa shape index (κ3) is 8.24. The molecule has 0 radical (unpaired) electrons. The van der Waals surface area contributed by atoms with Gasteiger partial charge in [0.1, 0.15) is 0 Å². The van der Waals surface area contributed by atoms with E-state index in [0.717, 1.165) is 36.9 Å². The van der Waals surface area contributed by atoms with Gasteiger partial charge in [0, 0.05) is 45.9 Å². The van der Waals surface area contributed by atoms with Crippen molar-refractivity contribution >= 4 is 33.7 Å². The Hall–Kier alpha value is -5.71. The topological polar surface area (TPSA) is 46.4 Å². The molecule has 0 saturated heterocycles. The van der Waals surface area contributed by atoms with E-state index in [-0.39, 0.29) is 10.6 Å². The molecule has 0 amide bonds. The van der Waals surface area contributed by atoms with Crippen LogP contribution in [0.2, 0.25) is 5.02 Å². The summed E-state index contributed by atoms with van der Waals surface area (Å²) in [6.07, 6.45) is 9.76. The number of allylic oxidation sites excluding steroid dienone is 5. The molecule has 6 aromatic carbocycles. The molecule has 7 rings (SSSR count). The highest BCUT2D eigenvalue weighted by Gasteiger charge is 2.45. The lowest BCUT2D eigenvalue weighted by Crippen LogP contribution is -2.34. The molecule has 0 fully saturated rings. The van der Waals surface area contributed by atoms with Gasteiger partial charge in [-0.3, -0.25) is 10.1 Å². The highest BCUT2D eigenvalue weighted by Crippen LogP contribution is 2.53. The van der Waals surface area contributed by atoms with Crippen molar-refractivity contribution in [3.63, 3.8) is 0 Å². The quantitative estimate of drug-likeness (QED) is 0.0629. The van der Waals surface area contributed by atoms with Crippen LogP contribution < -0.4 is 4.90 Å². The predicted octanol–water partition coefficient (Wildman–Crippen LogP) is 13.5. The zero-order chi connectivity index (χ0) is 40.2. The normalized spacial score (nSPS) is 16.2. The molecule has 57 heavy (non-hydrogen) atoms. The first-order chi connectivity index (χ1) is 27.5. The van der Waals surface area contributed by atoms with Crippen LogP contribution in [0.3, 0.4) is 0 Å². The number of halogens is 1. The fourth-order valence-corrected chi connectivity index (χ4v) is 9.13. The summed E-state index contributed by atoms with van der Waals surface area (Å²) in [7, 11) is 0. The Balaban J connectivity index is 1.40. The fraction of sp³-hybridized carbons (Fsp3) is 0.231. The molecular weight excluding hydrogens is 720 g/mol. The van der Waals surface area contributed by atoms with Crippen LogP contribution >= 0.6 is 11.6 Å². The van der Waals surface area contributed by atoms with Gasteiger partial charge in [0.05, 0.1) is 4.92 Å². The number of non-ortho nitro benzene ring substituents is 1. The second-order valence-corrected chi connectivity index (χ2v) is 16.7. The summed E-state index contributed by atoms with van der Waals surface area (Å²) in [4.78, 5) is 14.1. The SMILES string of the molecule is C=C(/C=C/C=C1/N(CCC(C)C)c2ccc3ccccc3c2C1(C)Cc1cccc([N+](=O)[O-])c1)C(Cc1ccccc1)(Cc1ccccc1)c1cc(Cl)ccc1C. The van der Waals surface area contributed by atoms with E-state index < -0.39 is 10.8 Å². The number of hydrogen-bond donors (Lipinski definition) is 0. The smallest absolute Gasteiger partial charge is 0.269 e. The summed E-state index contributed by atoms with van der Waals surface area (Å²) >= 11 is 6.80. The minimum atomic E-state index is -0.509. The maximum atomic E-state index is 11.9. The van der Waals surface area contributed by atoms with Gasteiger partial charge in [-0.2, -0.15) is 0 Å². The van der Waals surface area contributed by atoms with Gasteiger partial charge in [-0.25, -0.2) is 0 Å². The highest BCUT2D eigenvalue weighted by atomic mass is 35.5. The summed E-state index contributed by atoms with van der Waals surface area (Å²) in [6, 6.07) is 47.7. The van der Waals surface area contributed by atoms with Crippen LogP contribution in [0.4, 0.5) is 11.4 Å². The maximum Gasteiger partial charge on any atom is 0.269 e. The van der Waals surface area contributed by atoms with Crippen molar-refractivity contribution in [1.29, 1.82) is 0 Å². The monoisotopic (exact) mass is 770 g/mol. The van der Waals surface area contributed by atoms with Crippen molar-refractivity contribution in [3.8, 4) is 0 Å². The molecule has 5 heteroatoms. The molecule has 1 heterocycles. The first-order valence-corrected chi connectivity index (χ1v) is 20.3. The van der Waals surface area contributed by atoms with Crippen LogP contribution in [0, 0.1) is 23.0 Å². The van der Waals surface area contributed by atoms with Gasteiger partial charge >= 0.3 is 0 Å². The molecule has 0 saturated carbocycles. The van der Waals surface area contributed by atoms with E-state index in [4.69, 9.17) is 18.2 Å². The van der Waals surface area contributed by atoms with E-state index in [0.29, 0.717) is 17.4 Å². The minimum Gasteiger partial charge on any atom is -0.344 e. The molecule has 288 valence electrons. The van der Waals surface area contributed by atoms with Crippen LogP contribution in [0.25, 0.3) is 10.8 Å². The second-order valence-electron chi connectivity index (χ2n) is 16.3. The standard InChI is InChI=1S/C52H51ClN2O2/c1-37(2)30-31-54-48-29-27-43-22-12-13-24-46(43)50(48)51(5,34-42-21-15-23-45(32-42)55(56)57)49(54)25-14-16-39(4)52(35-40-17-8-6-9-18-40,36-41-19-10-7-11-20-41)47-33-44(53)28-26-38(47)3/h6-29,32-33,37H,4,30-31,34-36H2,1-3,5H3/b16-14+,49-25+. The number of rotatable bonds is 14. The van der Waals surface area contributed by atoms with Gasteiger partial charge in [-0.15, -0.1) is 0 Å². The van der Waals surface area contributed by atoms with Crippen LogP contribution in [0.1, 0.15) is 60.6 Å². The third-order valence-electron chi connectivity index (χ3n) is 11.8. The number of nitro groups is 1. The van der Waals surface area contributed by atoms with Gasteiger partial charge < -0.3 is 4.90 Å². The molecule has 0 N–H and O–H groups in total. The first kappa shape index (κ1) is 39.5. The Labute approximate surface area is 343 Å². The highest BCUT2D eigenvalue weighted by molar-refractivity contribution is 6.30. The summed E-state index contributed by atoms with van der Waals surface area (Å²) in [5, 5.41) is 15.0. The van der Waals surface area contributed by atoms with E-state index in [2.05, 4.69) is 160 Å². The Bertz CT molecular complexity index is 2430. The molecule has 0 bridgehead atoms. The molecule has 6 aromatic rings. The second kappa shape index (κ2) is 16.8. The lowest BCUT2D eigenvalue weighted by Gasteiger charge is -2.38.